The third kappa shape index (κ3) is 33.6. The van der Waals surface area contributed by atoms with Crippen molar-refractivity contribution >= 4 is 35.5 Å². The Balaban J connectivity index is 0.000000247. The molecule has 0 fully saturated rings. The summed E-state index contributed by atoms with van der Waals surface area (Å²) in [7, 11) is 0. The summed E-state index contributed by atoms with van der Waals surface area (Å²) >= 11 is 0. The summed E-state index contributed by atoms with van der Waals surface area (Å²) in [5.74, 6) is 7.06. The normalized spacial score (nSPS) is 14.4. The predicted molar refractivity (Wildman–Crippen MR) is 446 cm³/mol. The molecule has 110 heavy (non-hydrogen) atoms. The fourth-order valence-electron chi connectivity index (χ4n) is 13.7. The molecule has 3 heterocycles. The maximum atomic E-state index is 13.2. The second-order valence-corrected chi connectivity index (χ2v) is 30.8. The number of esters is 1. The zero-order chi connectivity index (χ0) is 79.1. The molecule has 0 radical (unpaired) electrons. The monoisotopic (exact) mass is 1510 g/mol. The summed E-state index contributed by atoms with van der Waals surface area (Å²) in [5, 5.41) is 8.92. The average molecular weight is 1510 g/mol. The van der Waals surface area contributed by atoms with Gasteiger partial charge in [0.2, 0.25) is 11.8 Å². The van der Waals surface area contributed by atoms with Crippen molar-refractivity contribution < 1.29 is 57.1 Å². The van der Waals surface area contributed by atoms with Gasteiger partial charge in [0.05, 0.1) is 42.2 Å². The summed E-state index contributed by atoms with van der Waals surface area (Å²) in [4.78, 5) is 65.5. The highest BCUT2D eigenvalue weighted by Crippen LogP contribution is 2.56. The van der Waals surface area contributed by atoms with E-state index in [2.05, 4.69) is 102 Å². The van der Waals surface area contributed by atoms with Crippen molar-refractivity contribution in [3.8, 4) is 23.3 Å². The number of hydrogen-bond acceptors (Lipinski definition) is 12. The molecule has 0 bridgehead atoms. The number of nitrogens with zero attached hydrogens (tertiary/aromatic N) is 1. The Morgan fingerprint density at radius 1 is 0.509 bits per heavy atom. The zero-order valence-electron chi connectivity index (χ0n) is 69.1. The van der Waals surface area contributed by atoms with Gasteiger partial charge < -0.3 is 54.0 Å². The average Bonchev–Trinajstić information content (AvgIpc) is 1.48. The van der Waals surface area contributed by atoms with Gasteiger partial charge in [-0.15, -0.1) is 0 Å². The van der Waals surface area contributed by atoms with E-state index in [1.54, 1.807) is 17.0 Å². The van der Waals surface area contributed by atoms with E-state index in [0.29, 0.717) is 72.2 Å². The molecule has 1 spiro atoms. The molecule has 1 atom stereocenters. The summed E-state index contributed by atoms with van der Waals surface area (Å²) in [6, 6.07) is 32.7. The number of allylic oxidation sites excluding steroid dienone is 2. The van der Waals surface area contributed by atoms with Crippen LogP contribution in [0.25, 0.3) is 0 Å². The lowest BCUT2D eigenvalue weighted by Crippen LogP contribution is -2.33. The number of para-hydroxylation sites is 1. The van der Waals surface area contributed by atoms with Crippen molar-refractivity contribution in [2.24, 2.45) is 0 Å². The van der Waals surface area contributed by atoms with Crippen LogP contribution < -0.4 is 25.6 Å². The zero-order valence-corrected chi connectivity index (χ0v) is 69.1. The van der Waals surface area contributed by atoms with Crippen molar-refractivity contribution in [2.75, 3.05) is 51.0 Å². The minimum absolute atomic E-state index is 0.0625. The van der Waals surface area contributed by atoms with Crippen LogP contribution in [0.4, 0.5) is 10.5 Å². The van der Waals surface area contributed by atoms with Gasteiger partial charge in [0.1, 0.15) is 17.6 Å². The number of alkyl carbamates (subject to hydrolysis) is 1. The van der Waals surface area contributed by atoms with Crippen molar-refractivity contribution in [3.63, 3.8) is 0 Å². The first-order valence-corrected chi connectivity index (χ1v) is 42.2. The molecule has 4 aliphatic rings. The number of carbonyl (C=O) groups is 5. The molecule has 9 rings (SSSR count). The predicted octanol–water partition coefficient (Wildman–Crippen LogP) is 21.7. The molecule has 16 nitrogen and oxygen atoms in total. The molecule has 3 aliphatic heterocycles. The Morgan fingerprint density at radius 2 is 0.991 bits per heavy atom. The van der Waals surface area contributed by atoms with Gasteiger partial charge in [0, 0.05) is 92.3 Å². The van der Waals surface area contributed by atoms with Gasteiger partial charge >= 0.3 is 12.1 Å². The van der Waals surface area contributed by atoms with Crippen LogP contribution >= 0.6 is 0 Å². The minimum atomic E-state index is -1.17. The van der Waals surface area contributed by atoms with Gasteiger partial charge in [-0.1, -0.05) is 188 Å². The number of amides is 4. The molecule has 0 saturated carbocycles. The molecule has 5 aromatic rings. The third-order valence-electron chi connectivity index (χ3n) is 19.8. The Labute approximate surface area is 661 Å². The number of rotatable bonds is 42. The van der Waals surface area contributed by atoms with Crippen LogP contribution in [0.2, 0.25) is 0 Å². The van der Waals surface area contributed by atoms with Crippen molar-refractivity contribution in [3.05, 3.63) is 171 Å². The SMILES string of the molecule is CC(C)OCCCCCCCCNC(=O)CCC(=O)N1Cc2ccccc2C#Cc2ccccc21.CC(C)OCCCCCCCCNC(=O)OC1CC/C=C/CCC1.CCCCCCCOC(C)C.Cc1ccc2c(c1)Oc1cc(C)ccc1C21OC(=O)c2ccc(C(=O)NCCCCCCCCOC(C)C)cc21. The highest BCUT2D eigenvalue weighted by molar-refractivity contribution is 6.01. The van der Waals surface area contributed by atoms with Gasteiger partial charge in [-0.2, -0.15) is 0 Å². The number of fused-ring (bicyclic) bond motifs is 8. The quantitative estimate of drug-likeness (QED) is 0.0145. The first-order chi connectivity index (χ1) is 53.3. The standard InChI is InChI=1S/C34H39NO5.C30H38N2O3.C20H37NO3.C10H22O/c1-22(2)38-18-10-8-6-5-7-9-17-35-32(36)25-13-14-26-29(21-25)34(40-33(26)37)27-15-11-23(3)19-30(27)39-31-20-24(4)12-16-28(31)34;1-24(2)35-22-12-6-4-3-5-11-21-31-29(33)19-20-30(34)32-23-27-15-8-7-13-25(27)17-18-26-14-9-10-16-28(26)32;1-18(2)23-17-13-9-4-3-8-12-16-21-20(22)24-19-14-10-6-5-7-11-15-19;1-4-5-6-7-8-9-11-10(2)3/h11-16,19-22H,5-10,17-18H2,1-4H3,(H,35,36);7-10,13-16,24H,3-6,11-12,19-23H2,1-2H3,(H,31,33);5-6,18-19H,3-4,7-17H2,1-2H3,(H,21,22);10H,4-9H2,1-3H3/b;;6-5+;. The maximum absolute atomic E-state index is 13.2. The fourth-order valence-corrected chi connectivity index (χ4v) is 13.7. The lowest BCUT2D eigenvalue weighted by Gasteiger charge is -2.36. The van der Waals surface area contributed by atoms with Crippen LogP contribution in [0.3, 0.4) is 0 Å². The van der Waals surface area contributed by atoms with Gasteiger partial charge in [-0.25, -0.2) is 9.59 Å². The first kappa shape index (κ1) is 91.1. The number of nitrogens with one attached hydrogen (secondary N) is 3. The summed E-state index contributed by atoms with van der Waals surface area (Å²) in [6.45, 7) is 28.8. The molecule has 1 aliphatic carbocycles. The Morgan fingerprint density at radius 3 is 1.55 bits per heavy atom. The van der Waals surface area contributed by atoms with Crippen LogP contribution in [0.15, 0.2) is 115 Å². The van der Waals surface area contributed by atoms with Crippen LogP contribution in [-0.4, -0.2) is 106 Å². The van der Waals surface area contributed by atoms with Gasteiger partial charge in [-0.05, 0) is 212 Å². The highest BCUT2D eigenvalue weighted by Gasteiger charge is 2.54. The molecular formula is C94H136N4O12. The van der Waals surface area contributed by atoms with E-state index in [1.165, 1.54) is 89.9 Å². The Hall–Kier alpha value is -7.81. The molecule has 16 heteroatoms. The van der Waals surface area contributed by atoms with E-state index in [1.807, 2.05) is 105 Å². The Bertz CT molecular complexity index is 3570. The molecule has 3 N–H and O–H groups in total. The molecule has 0 aromatic heterocycles. The molecule has 5 aromatic carbocycles. The maximum Gasteiger partial charge on any atom is 0.407 e. The van der Waals surface area contributed by atoms with Crippen LogP contribution in [0, 0.1) is 25.7 Å². The van der Waals surface area contributed by atoms with E-state index in [-0.39, 0.29) is 42.8 Å². The van der Waals surface area contributed by atoms with Gasteiger partial charge in [-0.3, -0.25) is 14.4 Å². The highest BCUT2D eigenvalue weighted by atomic mass is 16.6. The lowest BCUT2D eigenvalue weighted by atomic mass is 9.77. The van der Waals surface area contributed by atoms with E-state index < -0.39 is 11.6 Å². The Kier molecular flexibility index (Phi) is 43.4. The molecule has 604 valence electrons. The van der Waals surface area contributed by atoms with E-state index in [0.717, 1.165) is 167 Å². The smallest absolute Gasteiger partial charge is 0.407 e. The minimum Gasteiger partial charge on any atom is -0.456 e. The largest absolute Gasteiger partial charge is 0.456 e. The van der Waals surface area contributed by atoms with Gasteiger partial charge in [0.15, 0.2) is 5.60 Å². The fraction of sp³-hybridized carbons (Fsp3) is 0.585. The summed E-state index contributed by atoms with van der Waals surface area (Å²) < 4.78 is 40.2. The topological polar surface area (TPSA) is 189 Å². The molecule has 4 amide bonds. The third-order valence-corrected chi connectivity index (χ3v) is 19.8. The summed E-state index contributed by atoms with van der Waals surface area (Å²) in [5.41, 5.74) is 7.66. The second kappa shape index (κ2) is 52.4. The van der Waals surface area contributed by atoms with Crippen molar-refractivity contribution in [1.29, 1.82) is 0 Å². The number of carbonyl (C=O) groups excluding carboxylic acids is 5. The molecule has 0 saturated heterocycles. The van der Waals surface area contributed by atoms with Crippen LogP contribution in [0.5, 0.6) is 11.5 Å². The number of benzene rings is 5. The summed E-state index contributed by atoms with van der Waals surface area (Å²) in [6.07, 6.45) is 38.2. The van der Waals surface area contributed by atoms with Crippen molar-refractivity contribution in [1.82, 2.24) is 16.0 Å². The number of hydrogen-bond donors (Lipinski definition) is 3. The number of aryl methyl sites for hydroxylation is 2. The van der Waals surface area contributed by atoms with Crippen molar-refractivity contribution in [2.45, 2.75) is 311 Å². The molecule has 1 unspecified atom stereocenters. The van der Waals surface area contributed by atoms with E-state index in [9.17, 15) is 24.0 Å². The molecular weight excluding hydrogens is 1380 g/mol. The van der Waals surface area contributed by atoms with Gasteiger partial charge in [0.25, 0.3) is 5.91 Å². The number of anilines is 1. The van der Waals surface area contributed by atoms with E-state index in [4.69, 9.17) is 33.2 Å². The number of ether oxygens (including phenoxy) is 7. The lowest BCUT2D eigenvalue weighted by molar-refractivity contribution is -0.125. The van der Waals surface area contributed by atoms with Crippen LogP contribution in [-0.2, 0) is 50.2 Å². The number of unbranched alkanes of at least 4 members (excludes halogenated alkanes) is 19. The first-order valence-electron chi connectivity index (χ1n) is 42.2. The van der Waals surface area contributed by atoms with E-state index >= 15 is 0 Å². The second-order valence-electron chi connectivity index (χ2n) is 30.8. The van der Waals surface area contributed by atoms with Crippen LogP contribution in [0.1, 0.15) is 320 Å².